The van der Waals surface area contributed by atoms with E-state index in [0.717, 1.165) is 49.7 Å². The molecule has 0 bridgehead atoms. The van der Waals surface area contributed by atoms with Crippen molar-refractivity contribution in [3.05, 3.63) is 29.3 Å². The Balaban J connectivity index is 1.63. The van der Waals surface area contributed by atoms with Gasteiger partial charge in [-0.1, -0.05) is 31.9 Å². The number of fused-ring (bicyclic) bond motifs is 2. The molecule has 194 valence electrons. The summed E-state index contributed by atoms with van der Waals surface area (Å²) in [4.78, 5) is 33.7. The van der Waals surface area contributed by atoms with E-state index in [-0.39, 0.29) is 24.5 Å². The highest BCUT2D eigenvalue weighted by molar-refractivity contribution is 5.76. The lowest BCUT2D eigenvalue weighted by molar-refractivity contribution is -0.139. The lowest BCUT2D eigenvalue weighted by Gasteiger charge is -2.32. The molecule has 0 heterocycles. The number of rotatable bonds is 13. The number of carbonyl (C=O) groups excluding carboxylic acids is 1. The summed E-state index contributed by atoms with van der Waals surface area (Å²) in [5, 5.41) is 30.9. The largest absolute Gasteiger partial charge is 0.482 e. The van der Waals surface area contributed by atoms with E-state index >= 15 is 0 Å². The number of carbonyl (C=O) groups is 3. The second kappa shape index (κ2) is 12.8. The number of carboxylic acid groups (broad SMARTS) is 2. The van der Waals surface area contributed by atoms with Gasteiger partial charge in [-0.3, -0.25) is 4.79 Å². The van der Waals surface area contributed by atoms with Crippen LogP contribution in [0.1, 0.15) is 63.0 Å². The molecule has 0 aliphatic heterocycles. The summed E-state index contributed by atoms with van der Waals surface area (Å²) in [6.07, 6.45) is 5.76. The molecule has 5 atom stereocenters. The normalized spacial score (nSPS) is 23.6. The van der Waals surface area contributed by atoms with Crippen molar-refractivity contribution in [3.8, 4) is 5.75 Å². The third kappa shape index (κ3) is 7.59. The molecule has 2 aliphatic rings. The Labute approximate surface area is 205 Å². The minimum absolute atomic E-state index is 0.0797. The van der Waals surface area contributed by atoms with Gasteiger partial charge in [0.1, 0.15) is 18.4 Å². The number of ether oxygens (including phenoxy) is 2. The monoisotopic (exact) mass is 491 g/mol. The number of hydrogen-bond donors (Lipinski definition) is 4. The fourth-order valence-electron chi connectivity index (χ4n) is 5.68. The maximum Gasteiger partial charge on any atom is 0.407 e. The van der Waals surface area contributed by atoms with Gasteiger partial charge in [0.25, 0.3) is 0 Å². The highest BCUT2D eigenvalue weighted by atomic mass is 16.6. The zero-order chi connectivity index (χ0) is 25.4. The van der Waals surface area contributed by atoms with E-state index in [4.69, 9.17) is 19.7 Å². The van der Waals surface area contributed by atoms with Crippen LogP contribution in [0.15, 0.2) is 18.2 Å². The van der Waals surface area contributed by atoms with E-state index in [9.17, 15) is 19.5 Å². The average Bonchev–Trinajstić information content (AvgIpc) is 3.12. The summed E-state index contributed by atoms with van der Waals surface area (Å²) in [5.41, 5.74) is 2.18. The Bertz CT molecular complexity index is 888. The van der Waals surface area contributed by atoms with Crippen molar-refractivity contribution in [2.45, 2.75) is 76.9 Å². The molecule has 0 saturated heterocycles. The van der Waals surface area contributed by atoms with Crippen molar-refractivity contribution in [1.29, 1.82) is 0 Å². The highest BCUT2D eigenvalue weighted by Gasteiger charge is 2.45. The van der Waals surface area contributed by atoms with Crippen LogP contribution in [0, 0.1) is 17.8 Å². The van der Waals surface area contributed by atoms with E-state index in [2.05, 4.69) is 12.2 Å². The Hall–Kier alpha value is -2.81. The standard InChI is InChI=1S/C26H37NO8/c1-2-3-4-7-18(35-26(33)27-14-24(29)30)9-10-19-20-11-16-6-5-8-23(34-15-25(31)32)21(16)12-17(20)13-22(19)28/h5-6,8,17-20,22,28H,2-4,7,9-15H2,1H3,(H,27,33)(H,29,30)(H,31,32)/t17-,18-,19+,20-,22+/m0/s1. The zero-order valence-corrected chi connectivity index (χ0v) is 20.3. The molecule has 2 aliphatic carbocycles. The predicted octanol–water partition coefficient (Wildman–Crippen LogP) is 3.40. The minimum atomic E-state index is -1.13. The number of alkyl carbamates (subject to hydrolysis) is 1. The molecule has 1 saturated carbocycles. The van der Waals surface area contributed by atoms with Crippen LogP contribution < -0.4 is 10.1 Å². The molecular weight excluding hydrogens is 454 g/mol. The summed E-state index contributed by atoms with van der Waals surface area (Å²) in [7, 11) is 0. The van der Waals surface area contributed by atoms with E-state index in [1.165, 1.54) is 0 Å². The van der Waals surface area contributed by atoms with Gasteiger partial charge in [-0.2, -0.15) is 0 Å². The topological polar surface area (TPSA) is 142 Å². The van der Waals surface area contributed by atoms with Gasteiger partial charge in [-0.25, -0.2) is 9.59 Å². The number of aliphatic hydroxyl groups is 1. The summed E-state index contributed by atoms with van der Waals surface area (Å²) in [6.45, 7) is 1.24. The SMILES string of the molecule is CCCCC[C@@H](CC[C@@H]1[C@H]2Cc3cccc(OCC(=O)O)c3C[C@H]2C[C@H]1O)OC(=O)NCC(=O)O. The van der Waals surface area contributed by atoms with Gasteiger partial charge in [-0.05, 0) is 79.9 Å². The maximum atomic E-state index is 12.0. The number of aliphatic hydroxyl groups excluding tert-OH is 1. The molecule has 0 aromatic heterocycles. The van der Waals surface area contributed by atoms with Gasteiger partial charge >= 0.3 is 18.0 Å². The van der Waals surface area contributed by atoms with Crippen LogP contribution in [0.3, 0.4) is 0 Å². The Morgan fingerprint density at radius 1 is 1.11 bits per heavy atom. The fraction of sp³-hybridized carbons (Fsp3) is 0.654. The van der Waals surface area contributed by atoms with Gasteiger partial charge < -0.3 is 30.1 Å². The van der Waals surface area contributed by atoms with Crippen LogP contribution >= 0.6 is 0 Å². The second-order valence-electron chi connectivity index (χ2n) is 9.72. The smallest absolute Gasteiger partial charge is 0.407 e. The lowest BCUT2D eigenvalue weighted by atomic mass is 9.73. The molecule has 9 nitrogen and oxygen atoms in total. The zero-order valence-electron chi connectivity index (χ0n) is 20.3. The molecule has 4 N–H and O–H groups in total. The van der Waals surface area contributed by atoms with Crippen LogP contribution in [0.5, 0.6) is 5.75 Å². The van der Waals surface area contributed by atoms with E-state index < -0.39 is 30.7 Å². The van der Waals surface area contributed by atoms with E-state index in [0.29, 0.717) is 30.9 Å². The molecular formula is C26H37NO8. The molecule has 1 fully saturated rings. The molecule has 9 heteroatoms. The third-order valence-corrected chi connectivity index (χ3v) is 7.31. The summed E-state index contributed by atoms with van der Waals surface area (Å²) < 4.78 is 11.0. The molecule has 0 unspecified atom stereocenters. The van der Waals surface area contributed by atoms with Crippen LogP contribution in [0.25, 0.3) is 0 Å². The molecule has 0 radical (unpaired) electrons. The molecule has 1 aromatic carbocycles. The Kier molecular flexibility index (Phi) is 9.77. The van der Waals surface area contributed by atoms with E-state index in [1.54, 1.807) is 6.07 Å². The van der Waals surface area contributed by atoms with Crippen molar-refractivity contribution < 1.29 is 39.2 Å². The van der Waals surface area contributed by atoms with Crippen LogP contribution in [0.4, 0.5) is 4.79 Å². The minimum Gasteiger partial charge on any atom is -0.482 e. The van der Waals surface area contributed by atoms with Crippen molar-refractivity contribution >= 4 is 18.0 Å². The number of amides is 1. The number of unbranched alkanes of at least 4 members (excludes halogenated alkanes) is 2. The number of nitrogens with one attached hydrogen (secondary N) is 1. The first-order chi connectivity index (χ1) is 16.8. The molecule has 3 rings (SSSR count). The molecule has 1 aromatic rings. The number of aliphatic carboxylic acids is 2. The number of carboxylic acids is 2. The van der Waals surface area contributed by atoms with Gasteiger partial charge in [0, 0.05) is 0 Å². The highest BCUT2D eigenvalue weighted by Crippen LogP contribution is 2.48. The van der Waals surface area contributed by atoms with Crippen LogP contribution in [0.2, 0.25) is 0 Å². The first kappa shape index (κ1) is 26.8. The first-order valence-electron chi connectivity index (χ1n) is 12.6. The maximum absolute atomic E-state index is 12.0. The van der Waals surface area contributed by atoms with E-state index in [1.807, 2.05) is 12.1 Å². The van der Waals surface area contributed by atoms with Gasteiger partial charge in [0.15, 0.2) is 6.61 Å². The van der Waals surface area contributed by atoms with Gasteiger partial charge in [0.05, 0.1) is 6.10 Å². The Morgan fingerprint density at radius 2 is 1.91 bits per heavy atom. The molecule has 1 amide bonds. The van der Waals surface area contributed by atoms with Crippen molar-refractivity contribution in [1.82, 2.24) is 5.32 Å². The number of benzene rings is 1. The summed E-state index contributed by atoms with van der Waals surface area (Å²) in [6, 6.07) is 5.73. The molecule has 0 spiro atoms. The van der Waals surface area contributed by atoms with Crippen LogP contribution in [-0.4, -0.2) is 58.7 Å². The van der Waals surface area contributed by atoms with Crippen molar-refractivity contribution in [3.63, 3.8) is 0 Å². The van der Waals surface area contributed by atoms with Crippen LogP contribution in [-0.2, 0) is 27.2 Å². The third-order valence-electron chi connectivity index (χ3n) is 7.31. The number of hydrogen-bond acceptors (Lipinski definition) is 6. The summed E-state index contributed by atoms with van der Waals surface area (Å²) >= 11 is 0. The summed E-state index contributed by atoms with van der Waals surface area (Å²) in [5.74, 6) is -0.868. The second-order valence-corrected chi connectivity index (χ2v) is 9.72. The average molecular weight is 492 g/mol. The molecule has 35 heavy (non-hydrogen) atoms. The predicted molar refractivity (Wildman–Crippen MR) is 127 cm³/mol. The van der Waals surface area contributed by atoms with Crippen molar-refractivity contribution in [2.75, 3.05) is 13.2 Å². The van der Waals surface area contributed by atoms with Gasteiger partial charge in [0.2, 0.25) is 0 Å². The van der Waals surface area contributed by atoms with Gasteiger partial charge in [-0.15, -0.1) is 0 Å². The fourth-order valence-corrected chi connectivity index (χ4v) is 5.68. The quantitative estimate of drug-likeness (QED) is 0.308. The lowest BCUT2D eigenvalue weighted by Crippen LogP contribution is -2.33. The van der Waals surface area contributed by atoms with Crippen molar-refractivity contribution in [2.24, 2.45) is 17.8 Å². The first-order valence-corrected chi connectivity index (χ1v) is 12.6. The Morgan fingerprint density at radius 3 is 2.63 bits per heavy atom.